The highest BCUT2D eigenvalue weighted by Gasteiger charge is 2.31. The molecule has 0 radical (unpaired) electrons. The Labute approximate surface area is 120 Å². The fourth-order valence-corrected chi connectivity index (χ4v) is 2.27. The predicted molar refractivity (Wildman–Crippen MR) is 76.0 cm³/mol. The molecule has 2 rings (SSSR count). The molecule has 0 saturated carbocycles. The monoisotopic (exact) mass is 296 g/mol. The third kappa shape index (κ3) is 2.99. The van der Waals surface area contributed by atoms with Crippen LogP contribution in [0.1, 0.15) is 12.8 Å². The van der Waals surface area contributed by atoms with Gasteiger partial charge in [0.2, 0.25) is 5.91 Å². The van der Waals surface area contributed by atoms with Crippen molar-refractivity contribution in [2.75, 3.05) is 24.0 Å². The third-order valence-electron chi connectivity index (χ3n) is 3.01. The van der Waals surface area contributed by atoms with Gasteiger partial charge in [-0.2, -0.15) is 0 Å². The standard InChI is InChI=1S/C11H16N6O2S/c1-17-9(18)4-3-6(10(17)19)13-7-5-8(16-12)15-11(14-7)20-2/h5-6H,3-4,12H2,1-2H3,(H2,13,14,15,16). The summed E-state index contributed by atoms with van der Waals surface area (Å²) >= 11 is 1.37. The van der Waals surface area contributed by atoms with Gasteiger partial charge in [0.05, 0.1) is 0 Å². The molecule has 0 aromatic carbocycles. The van der Waals surface area contributed by atoms with E-state index >= 15 is 0 Å². The average Bonchev–Trinajstić information content (AvgIpc) is 2.47. The van der Waals surface area contributed by atoms with Gasteiger partial charge in [-0.05, 0) is 12.7 Å². The van der Waals surface area contributed by atoms with Crippen LogP contribution in [-0.4, -0.2) is 46.0 Å². The zero-order valence-corrected chi connectivity index (χ0v) is 12.0. The molecule has 108 valence electrons. The quantitative estimate of drug-likeness (QED) is 0.235. The first-order chi connectivity index (χ1) is 9.55. The number of carbonyl (C=O) groups is 2. The summed E-state index contributed by atoms with van der Waals surface area (Å²) in [5.41, 5.74) is 2.45. The van der Waals surface area contributed by atoms with Gasteiger partial charge in [-0.3, -0.25) is 14.5 Å². The number of likely N-dealkylation sites (tertiary alicyclic amines) is 1. The highest BCUT2D eigenvalue weighted by atomic mass is 32.2. The van der Waals surface area contributed by atoms with Gasteiger partial charge in [0, 0.05) is 19.5 Å². The van der Waals surface area contributed by atoms with Crippen LogP contribution in [-0.2, 0) is 9.59 Å². The SMILES string of the molecule is CSc1nc(NN)cc(NC2CCC(=O)N(C)C2=O)n1. The summed E-state index contributed by atoms with van der Waals surface area (Å²) in [5, 5.41) is 3.57. The van der Waals surface area contributed by atoms with Gasteiger partial charge in [-0.25, -0.2) is 15.8 Å². The molecule has 0 bridgehead atoms. The zero-order chi connectivity index (χ0) is 14.7. The van der Waals surface area contributed by atoms with Crippen LogP contribution in [0.25, 0.3) is 0 Å². The third-order valence-corrected chi connectivity index (χ3v) is 3.56. The van der Waals surface area contributed by atoms with Crippen LogP contribution in [0.3, 0.4) is 0 Å². The number of hydrogen-bond acceptors (Lipinski definition) is 8. The van der Waals surface area contributed by atoms with E-state index < -0.39 is 6.04 Å². The lowest BCUT2D eigenvalue weighted by atomic mass is 10.0. The fraction of sp³-hybridized carbons (Fsp3) is 0.455. The Balaban J connectivity index is 2.17. The topological polar surface area (TPSA) is 113 Å². The summed E-state index contributed by atoms with van der Waals surface area (Å²) in [6.45, 7) is 0. The maximum absolute atomic E-state index is 12.0. The summed E-state index contributed by atoms with van der Waals surface area (Å²) in [5.74, 6) is 5.88. The molecule has 20 heavy (non-hydrogen) atoms. The van der Waals surface area contributed by atoms with Crippen molar-refractivity contribution < 1.29 is 9.59 Å². The number of rotatable bonds is 4. The van der Waals surface area contributed by atoms with E-state index in [1.807, 2.05) is 6.26 Å². The number of amides is 2. The summed E-state index contributed by atoms with van der Waals surface area (Å²) in [4.78, 5) is 33.0. The van der Waals surface area contributed by atoms with Crippen LogP contribution in [0, 0.1) is 0 Å². The lowest BCUT2D eigenvalue weighted by Crippen LogP contribution is -2.48. The molecular formula is C11H16N6O2S. The lowest BCUT2D eigenvalue weighted by Gasteiger charge is -2.28. The number of likely N-dealkylation sites (N-methyl/N-ethyl adjacent to an activating group) is 1. The average molecular weight is 296 g/mol. The molecular weight excluding hydrogens is 280 g/mol. The van der Waals surface area contributed by atoms with E-state index in [1.54, 1.807) is 6.07 Å². The number of anilines is 2. The number of nitrogen functional groups attached to an aromatic ring is 1. The Bertz CT molecular complexity index is 515. The van der Waals surface area contributed by atoms with Gasteiger partial charge in [-0.15, -0.1) is 0 Å². The van der Waals surface area contributed by atoms with Crippen molar-refractivity contribution in [3.8, 4) is 0 Å². The first-order valence-electron chi connectivity index (χ1n) is 6.01. The molecule has 1 saturated heterocycles. The first kappa shape index (κ1) is 14.5. The van der Waals surface area contributed by atoms with Crippen LogP contribution in [0.15, 0.2) is 11.2 Å². The van der Waals surface area contributed by atoms with Crippen molar-refractivity contribution in [1.29, 1.82) is 0 Å². The maximum atomic E-state index is 12.0. The molecule has 8 nitrogen and oxygen atoms in total. The van der Waals surface area contributed by atoms with E-state index in [9.17, 15) is 9.59 Å². The van der Waals surface area contributed by atoms with Gasteiger partial charge in [0.15, 0.2) is 5.16 Å². The van der Waals surface area contributed by atoms with Crippen molar-refractivity contribution in [3.05, 3.63) is 6.07 Å². The van der Waals surface area contributed by atoms with Crippen molar-refractivity contribution >= 4 is 35.2 Å². The molecule has 2 amide bonds. The molecule has 1 atom stereocenters. The number of hydrazine groups is 1. The zero-order valence-electron chi connectivity index (χ0n) is 11.2. The number of thioether (sulfide) groups is 1. The molecule has 0 aliphatic carbocycles. The summed E-state index contributed by atoms with van der Waals surface area (Å²) in [6, 6.07) is 1.15. The van der Waals surface area contributed by atoms with Crippen molar-refractivity contribution in [3.63, 3.8) is 0 Å². The summed E-state index contributed by atoms with van der Waals surface area (Å²) in [7, 11) is 1.48. The Morgan fingerprint density at radius 3 is 2.75 bits per heavy atom. The highest BCUT2D eigenvalue weighted by molar-refractivity contribution is 7.98. The minimum Gasteiger partial charge on any atom is -0.358 e. The van der Waals surface area contributed by atoms with Crippen LogP contribution < -0.4 is 16.6 Å². The van der Waals surface area contributed by atoms with Crippen LogP contribution in [0.2, 0.25) is 0 Å². The molecule has 1 unspecified atom stereocenters. The molecule has 1 aromatic heterocycles. The number of aromatic nitrogens is 2. The van der Waals surface area contributed by atoms with Crippen molar-refractivity contribution in [1.82, 2.24) is 14.9 Å². The molecule has 0 spiro atoms. The second kappa shape index (κ2) is 6.06. The second-order valence-electron chi connectivity index (χ2n) is 4.30. The van der Waals surface area contributed by atoms with E-state index in [0.717, 1.165) is 4.90 Å². The van der Waals surface area contributed by atoms with Crippen molar-refractivity contribution in [2.24, 2.45) is 5.84 Å². The Morgan fingerprint density at radius 2 is 2.10 bits per heavy atom. The Hall–Kier alpha value is -1.87. The Morgan fingerprint density at radius 1 is 1.40 bits per heavy atom. The van der Waals surface area contributed by atoms with E-state index in [2.05, 4.69) is 20.7 Å². The Kier molecular flexibility index (Phi) is 4.40. The normalized spacial score (nSPS) is 19.1. The number of carbonyl (C=O) groups excluding carboxylic acids is 2. The number of nitrogens with one attached hydrogen (secondary N) is 2. The maximum Gasteiger partial charge on any atom is 0.251 e. The van der Waals surface area contributed by atoms with Gasteiger partial charge >= 0.3 is 0 Å². The minimum atomic E-state index is -0.465. The van der Waals surface area contributed by atoms with Gasteiger partial charge in [-0.1, -0.05) is 11.8 Å². The first-order valence-corrected chi connectivity index (χ1v) is 7.24. The minimum absolute atomic E-state index is 0.162. The summed E-state index contributed by atoms with van der Waals surface area (Å²) < 4.78 is 0. The van der Waals surface area contributed by atoms with Crippen LogP contribution in [0.5, 0.6) is 0 Å². The predicted octanol–water partition coefficient (Wildman–Crippen LogP) is 0.0434. The molecule has 1 aliphatic heterocycles. The van der Waals surface area contributed by atoms with E-state index in [-0.39, 0.29) is 11.8 Å². The lowest BCUT2D eigenvalue weighted by molar-refractivity contribution is -0.146. The van der Waals surface area contributed by atoms with Crippen LogP contribution in [0.4, 0.5) is 11.6 Å². The number of nitrogens with two attached hydrogens (primary N) is 1. The van der Waals surface area contributed by atoms with Crippen molar-refractivity contribution in [2.45, 2.75) is 24.0 Å². The van der Waals surface area contributed by atoms with Gasteiger partial charge in [0.1, 0.15) is 17.7 Å². The molecule has 1 aliphatic rings. The molecule has 1 aromatic rings. The van der Waals surface area contributed by atoms with E-state index in [0.29, 0.717) is 29.6 Å². The largest absolute Gasteiger partial charge is 0.358 e. The fourth-order valence-electron chi connectivity index (χ4n) is 1.89. The van der Waals surface area contributed by atoms with Gasteiger partial charge in [0.25, 0.3) is 5.91 Å². The molecule has 1 fully saturated rings. The summed E-state index contributed by atoms with van der Waals surface area (Å²) in [6.07, 6.45) is 2.63. The number of hydrogen-bond donors (Lipinski definition) is 3. The van der Waals surface area contributed by atoms with E-state index in [4.69, 9.17) is 5.84 Å². The smallest absolute Gasteiger partial charge is 0.251 e. The molecule has 4 N–H and O–H groups in total. The van der Waals surface area contributed by atoms with Crippen LogP contribution >= 0.6 is 11.8 Å². The molecule has 2 heterocycles. The number of piperidine rings is 1. The molecule has 9 heteroatoms. The van der Waals surface area contributed by atoms with E-state index in [1.165, 1.54) is 18.8 Å². The number of imide groups is 1. The second-order valence-corrected chi connectivity index (χ2v) is 5.07. The number of nitrogens with zero attached hydrogens (tertiary/aromatic N) is 3. The highest BCUT2D eigenvalue weighted by Crippen LogP contribution is 2.20. The van der Waals surface area contributed by atoms with Gasteiger partial charge < -0.3 is 10.7 Å².